The fourth-order valence-electron chi connectivity index (χ4n) is 2.30. The van der Waals surface area contributed by atoms with Crippen molar-refractivity contribution >= 4 is 11.7 Å². The zero-order chi connectivity index (χ0) is 12.6. The highest BCUT2D eigenvalue weighted by atomic mass is 16.5. The molecular formula is C12H13NO4. The van der Waals surface area contributed by atoms with Gasteiger partial charge in [-0.3, -0.25) is 9.59 Å². The molecule has 0 radical (unpaired) electrons. The third kappa shape index (κ3) is 1.33. The van der Waals surface area contributed by atoms with Crippen LogP contribution >= 0.6 is 0 Å². The minimum absolute atomic E-state index is 0.417. The number of carbonyl (C=O) groups excluding carboxylic acids is 2. The topological polar surface area (TPSA) is 78.6 Å². The normalized spacial score (nSPS) is 26.9. The highest BCUT2D eigenvalue weighted by Crippen LogP contribution is 2.43. The van der Waals surface area contributed by atoms with E-state index in [1.54, 1.807) is 24.3 Å². The van der Waals surface area contributed by atoms with E-state index in [1.807, 2.05) is 0 Å². The highest BCUT2D eigenvalue weighted by Gasteiger charge is 2.59. The van der Waals surface area contributed by atoms with Crippen molar-refractivity contribution in [1.82, 2.24) is 0 Å². The van der Waals surface area contributed by atoms with E-state index >= 15 is 0 Å². The second-order valence-electron chi connectivity index (χ2n) is 3.84. The Morgan fingerprint density at radius 1 is 1.35 bits per heavy atom. The molecular weight excluding hydrogens is 222 g/mol. The van der Waals surface area contributed by atoms with Crippen LogP contribution < -0.4 is 5.73 Å². The SMILES string of the molecule is COC1c2ccccc2C(=O)C1(OC)C(N)=O. The Balaban J connectivity index is 2.67. The first-order chi connectivity index (χ1) is 8.09. The lowest BCUT2D eigenvalue weighted by Crippen LogP contribution is -2.53. The van der Waals surface area contributed by atoms with Crippen LogP contribution in [0.5, 0.6) is 0 Å². The standard InChI is InChI=1S/C12H13NO4/c1-16-10-8-6-4-3-5-7(8)9(14)12(10,17-2)11(13)15/h3-6,10H,1-2H3,(H2,13,15). The van der Waals surface area contributed by atoms with E-state index in [9.17, 15) is 9.59 Å². The summed E-state index contributed by atoms with van der Waals surface area (Å²) < 4.78 is 10.3. The molecule has 17 heavy (non-hydrogen) atoms. The smallest absolute Gasteiger partial charge is 0.261 e. The average Bonchev–Trinajstić information content (AvgIpc) is 2.59. The molecule has 1 aliphatic carbocycles. The predicted molar refractivity (Wildman–Crippen MR) is 59.5 cm³/mol. The maximum Gasteiger partial charge on any atom is 0.261 e. The number of amides is 1. The van der Waals surface area contributed by atoms with E-state index in [0.29, 0.717) is 11.1 Å². The van der Waals surface area contributed by atoms with E-state index in [1.165, 1.54) is 14.2 Å². The van der Waals surface area contributed by atoms with Crippen LogP contribution in [-0.2, 0) is 14.3 Å². The molecule has 0 aromatic heterocycles. The fourth-order valence-corrected chi connectivity index (χ4v) is 2.30. The molecule has 0 aliphatic heterocycles. The summed E-state index contributed by atoms with van der Waals surface area (Å²) in [6.45, 7) is 0. The zero-order valence-corrected chi connectivity index (χ0v) is 9.60. The molecule has 5 nitrogen and oxygen atoms in total. The number of fused-ring (bicyclic) bond motifs is 1. The van der Waals surface area contributed by atoms with Gasteiger partial charge in [0.1, 0.15) is 6.10 Å². The second-order valence-corrected chi connectivity index (χ2v) is 3.84. The highest BCUT2D eigenvalue weighted by molar-refractivity contribution is 6.20. The van der Waals surface area contributed by atoms with E-state index in [-0.39, 0.29) is 0 Å². The fraction of sp³-hybridized carbons (Fsp3) is 0.333. The zero-order valence-electron chi connectivity index (χ0n) is 9.60. The van der Waals surface area contributed by atoms with Gasteiger partial charge in [-0.2, -0.15) is 0 Å². The van der Waals surface area contributed by atoms with E-state index < -0.39 is 23.4 Å². The summed E-state index contributed by atoms with van der Waals surface area (Å²) in [6.07, 6.45) is -0.798. The molecule has 0 spiro atoms. The molecule has 0 fully saturated rings. The van der Waals surface area contributed by atoms with Crippen molar-refractivity contribution in [2.24, 2.45) is 5.73 Å². The predicted octanol–water partition coefficient (Wildman–Crippen LogP) is 0.441. The molecule has 2 atom stereocenters. The van der Waals surface area contributed by atoms with Gasteiger partial charge in [-0.05, 0) is 5.56 Å². The van der Waals surface area contributed by atoms with E-state index in [4.69, 9.17) is 15.2 Å². The summed E-state index contributed by atoms with van der Waals surface area (Å²) in [5.41, 5.74) is 4.60. The Bertz CT molecular complexity index is 485. The molecule has 0 bridgehead atoms. The number of ketones is 1. The Morgan fingerprint density at radius 3 is 2.53 bits per heavy atom. The lowest BCUT2D eigenvalue weighted by molar-refractivity contribution is -0.148. The number of hydrogen-bond donors (Lipinski definition) is 1. The van der Waals surface area contributed by atoms with Crippen LogP contribution in [0.15, 0.2) is 24.3 Å². The minimum Gasteiger partial charge on any atom is -0.373 e. The van der Waals surface area contributed by atoms with Crippen LogP contribution in [0.4, 0.5) is 0 Å². The third-order valence-electron chi connectivity index (χ3n) is 3.12. The van der Waals surface area contributed by atoms with Gasteiger partial charge in [-0.25, -0.2) is 0 Å². The number of carbonyl (C=O) groups is 2. The summed E-state index contributed by atoms with van der Waals surface area (Å²) in [7, 11) is 2.69. The van der Waals surface area contributed by atoms with Crippen molar-refractivity contribution in [2.75, 3.05) is 14.2 Å². The monoisotopic (exact) mass is 235 g/mol. The van der Waals surface area contributed by atoms with E-state index in [0.717, 1.165) is 0 Å². The van der Waals surface area contributed by atoms with Gasteiger partial charge >= 0.3 is 0 Å². The van der Waals surface area contributed by atoms with Crippen molar-refractivity contribution in [2.45, 2.75) is 11.7 Å². The third-order valence-corrected chi connectivity index (χ3v) is 3.12. The van der Waals surface area contributed by atoms with Gasteiger partial charge in [0, 0.05) is 19.8 Å². The van der Waals surface area contributed by atoms with Crippen molar-refractivity contribution in [3.05, 3.63) is 35.4 Å². The Labute approximate surface area is 98.5 Å². The van der Waals surface area contributed by atoms with Gasteiger partial charge in [0.05, 0.1) is 0 Å². The summed E-state index contributed by atoms with van der Waals surface area (Å²) >= 11 is 0. The molecule has 1 aliphatic rings. The summed E-state index contributed by atoms with van der Waals surface area (Å²) in [5.74, 6) is -1.29. The number of nitrogens with two attached hydrogens (primary N) is 1. The largest absolute Gasteiger partial charge is 0.373 e. The number of Topliss-reactive ketones (excluding diaryl/α,β-unsaturated/α-hetero) is 1. The molecule has 2 rings (SSSR count). The molecule has 2 unspecified atom stereocenters. The first-order valence-electron chi connectivity index (χ1n) is 5.11. The molecule has 5 heteroatoms. The van der Waals surface area contributed by atoms with Gasteiger partial charge in [-0.15, -0.1) is 0 Å². The molecule has 1 aromatic rings. The lowest BCUT2D eigenvalue weighted by Gasteiger charge is -2.28. The van der Waals surface area contributed by atoms with Crippen LogP contribution in [0, 0.1) is 0 Å². The van der Waals surface area contributed by atoms with Crippen LogP contribution in [-0.4, -0.2) is 31.5 Å². The second kappa shape index (κ2) is 3.94. The van der Waals surface area contributed by atoms with Crippen LogP contribution in [0.25, 0.3) is 0 Å². The summed E-state index contributed by atoms with van der Waals surface area (Å²) in [5, 5.41) is 0. The van der Waals surface area contributed by atoms with Gasteiger partial charge in [-0.1, -0.05) is 24.3 Å². The first kappa shape index (κ1) is 11.8. The van der Waals surface area contributed by atoms with Crippen LogP contribution in [0.2, 0.25) is 0 Å². The molecule has 2 N–H and O–H groups in total. The Morgan fingerprint density at radius 2 is 2.00 bits per heavy atom. The van der Waals surface area contributed by atoms with Gasteiger partial charge in [0.25, 0.3) is 5.91 Å². The molecule has 90 valence electrons. The minimum atomic E-state index is -1.75. The van der Waals surface area contributed by atoms with Crippen molar-refractivity contribution in [3.8, 4) is 0 Å². The van der Waals surface area contributed by atoms with Crippen LogP contribution in [0.1, 0.15) is 22.0 Å². The maximum absolute atomic E-state index is 12.3. The van der Waals surface area contributed by atoms with Gasteiger partial charge < -0.3 is 15.2 Å². The Kier molecular flexibility index (Phi) is 2.73. The molecule has 0 saturated heterocycles. The average molecular weight is 235 g/mol. The van der Waals surface area contributed by atoms with Crippen molar-refractivity contribution in [1.29, 1.82) is 0 Å². The summed E-state index contributed by atoms with van der Waals surface area (Å²) in [6, 6.07) is 6.85. The number of primary amides is 1. The molecule has 0 heterocycles. The number of benzene rings is 1. The quantitative estimate of drug-likeness (QED) is 0.771. The van der Waals surface area contributed by atoms with Crippen molar-refractivity contribution in [3.63, 3.8) is 0 Å². The number of rotatable bonds is 3. The first-order valence-corrected chi connectivity index (χ1v) is 5.11. The number of ether oxygens (including phenoxy) is 2. The van der Waals surface area contributed by atoms with Gasteiger partial charge in [0.15, 0.2) is 0 Å². The summed E-state index contributed by atoms with van der Waals surface area (Å²) in [4.78, 5) is 23.9. The maximum atomic E-state index is 12.3. The number of methoxy groups -OCH3 is 2. The van der Waals surface area contributed by atoms with Gasteiger partial charge in [0.2, 0.25) is 11.4 Å². The molecule has 1 amide bonds. The van der Waals surface area contributed by atoms with E-state index in [2.05, 4.69) is 0 Å². The van der Waals surface area contributed by atoms with Crippen LogP contribution in [0.3, 0.4) is 0 Å². The Hall–Kier alpha value is -1.72. The van der Waals surface area contributed by atoms with Crippen molar-refractivity contribution < 1.29 is 19.1 Å². The number of hydrogen-bond acceptors (Lipinski definition) is 4. The molecule has 1 aromatic carbocycles. The lowest BCUT2D eigenvalue weighted by atomic mass is 9.95. The molecule has 0 saturated carbocycles.